The molecule has 0 spiro atoms. The standard InChI is InChI=1S/C18H12N4O4/c19-16-14-11(17(25)21-18(14)26)8-13(24)22(16)10-5-3-9(4-6-10)15-12(23)2-1-7-20-15/h1-8,23H,19H2,(H,21,25,26). The van der Waals surface area contributed by atoms with E-state index in [1.807, 2.05) is 0 Å². The molecule has 0 atom stereocenters. The van der Waals surface area contributed by atoms with Gasteiger partial charge in [-0.05, 0) is 24.3 Å². The summed E-state index contributed by atoms with van der Waals surface area (Å²) in [5.41, 5.74) is 6.89. The van der Waals surface area contributed by atoms with Gasteiger partial charge >= 0.3 is 0 Å². The SMILES string of the molecule is Nc1c2c(cc(=O)n1-c1ccc(-c3ncccc3O)cc1)C(=O)NC2=O. The molecule has 8 heteroatoms. The fraction of sp³-hybridized carbons (Fsp3) is 0. The second-order valence-electron chi connectivity index (χ2n) is 5.69. The maximum absolute atomic E-state index is 12.4. The second-order valence-corrected chi connectivity index (χ2v) is 5.69. The molecule has 0 aliphatic carbocycles. The van der Waals surface area contributed by atoms with E-state index in [1.165, 1.54) is 6.07 Å². The van der Waals surface area contributed by atoms with Crippen molar-refractivity contribution in [2.45, 2.75) is 0 Å². The molecule has 8 nitrogen and oxygen atoms in total. The van der Waals surface area contributed by atoms with Crippen LogP contribution in [0.15, 0.2) is 53.5 Å². The summed E-state index contributed by atoms with van der Waals surface area (Å²) < 4.78 is 1.15. The minimum atomic E-state index is -0.637. The number of carbonyl (C=O) groups is 2. The highest BCUT2D eigenvalue weighted by Crippen LogP contribution is 2.28. The number of benzene rings is 1. The molecule has 1 aliphatic heterocycles. The van der Waals surface area contributed by atoms with Crippen molar-refractivity contribution in [3.63, 3.8) is 0 Å². The van der Waals surface area contributed by atoms with Gasteiger partial charge < -0.3 is 10.8 Å². The van der Waals surface area contributed by atoms with Gasteiger partial charge in [-0.2, -0.15) is 0 Å². The average molecular weight is 348 g/mol. The largest absolute Gasteiger partial charge is 0.506 e. The summed E-state index contributed by atoms with van der Waals surface area (Å²) in [4.78, 5) is 40.1. The number of anilines is 1. The van der Waals surface area contributed by atoms with Gasteiger partial charge in [0.25, 0.3) is 17.4 Å². The van der Waals surface area contributed by atoms with E-state index in [-0.39, 0.29) is 22.7 Å². The van der Waals surface area contributed by atoms with Crippen LogP contribution in [0, 0.1) is 0 Å². The van der Waals surface area contributed by atoms with Crippen molar-refractivity contribution in [1.29, 1.82) is 0 Å². The summed E-state index contributed by atoms with van der Waals surface area (Å²) in [5.74, 6) is -1.35. The molecule has 128 valence electrons. The Kier molecular flexibility index (Phi) is 3.33. The van der Waals surface area contributed by atoms with Gasteiger partial charge in [0.05, 0.1) is 16.8 Å². The zero-order valence-corrected chi connectivity index (χ0v) is 13.3. The zero-order valence-electron chi connectivity index (χ0n) is 13.3. The molecule has 0 saturated heterocycles. The molecule has 1 aromatic carbocycles. The van der Waals surface area contributed by atoms with Gasteiger partial charge in [-0.25, -0.2) is 0 Å². The van der Waals surface area contributed by atoms with Crippen LogP contribution in [0.4, 0.5) is 5.82 Å². The molecule has 3 aromatic rings. The minimum Gasteiger partial charge on any atom is -0.506 e. The summed E-state index contributed by atoms with van der Waals surface area (Å²) in [6, 6.07) is 10.8. The molecule has 4 rings (SSSR count). The van der Waals surface area contributed by atoms with Gasteiger partial charge in [0.15, 0.2) is 0 Å². The van der Waals surface area contributed by atoms with Crippen molar-refractivity contribution in [2.75, 3.05) is 5.73 Å². The summed E-state index contributed by atoms with van der Waals surface area (Å²) in [6.07, 6.45) is 1.56. The number of rotatable bonds is 2. The average Bonchev–Trinajstić information content (AvgIpc) is 2.90. The molecule has 0 bridgehead atoms. The van der Waals surface area contributed by atoms with Crippen LogP contribution in [0.25, 0.3) is 16.9 Å². The lowest BCUT2D eigenvalue weighted by Crippen LogP contribution is -2.24. The number of nitrogens with one attached hydrogen (secondary N) is 1. The summed E-state index contributed by atoms with van der Waals surface area (Å²) in [5, 5.41) is 12.0. The first-order valence-electron chi connectivity index (χ1n) is 7.63. The second kappa shape index (κ2) is 5.55. The van der Waals surface area contributed by atoms with E-state index >= 15 is 0 Å². The number of amides is 2. The maximum atomic E-state index is 12.4. The molecule has 2 amide bonds. The number of nitrogens with zero attached hydrogens (tertiary/aromatic N) is 2. The van der Waals surface area contributed by atoms with E-state index < -0.39 is 17.4 Å². The molecular weight excluding hydrogens is 336 g/mol. The van der Waals surface area contributed by atoms with Crippen molar-refractivity contribution in [1.82, 2.24) is 14.9 Å². The normalized spacial score (nSPS) is 12.8. The zero-order chi connectivity index (χ0) is 18.4. The third kappa shape index (κ3) is 2.24. The van der Waals surface area contributed by atoms with Gasteiger partial charge in [0, 0.05) is 17.8 Å². The number of nitrogens with two attached hydrogens (primary N) is 1. The van der Waals surface area contributed by atoms with Crippen molar-refractivity contribution in [3.05, 3.63) is 70.1 Å². The summed E-state index contributed by atoms with van der Waals surface area (Å²) in [7, 11) is 0. The van der Waals surface area contributed by atoms with E-state index in [9.17, 15) is 19.5 Å². The number of nitrogen functional groups attached to an aromatic ring is 1. The van der Waals surface area contributed by atoms with E-state index in [2.05, 4.69) is 10.3 Å². The molecular formula is C18H12N4O4. The highest BCUT2D eigenvalue weighted by molar-refractivity contribution is 6.23. The Labute approximate surface area is 146 Å². The van der Waals surface area contributed by atoms with Crippen LogP contribution in [-0.2, 0) is 0 Å². The van der Waals surface area contributed by atoms with Crippen LogP contribution < -0.4 is 16.6 Å². The van der Waals surface area contributed by atoms with Gasteiger partial charge in [0.1, 0.15) is 17.3 Å². The molecule has 0 saturated carbocycles. The predicted octanol–water partition coefficient (Wildman–Crippen LogP) is 1.07. The fourth-order valence-corrected chi connectivity index (χ4v) is 2.93. The highest BCUT2D eigenvalue weighted by Gasteiger charge is 2.31. The molecule has 2 aromatic heterocycles. The van der Waals surface area contributed by atoms with Crippen molar-refractivity contribution < 1.29 is 14.7 Å². The number of aromatic nitrogens is 2. The number of aromatic hydroxyl groups is 1. The Bertz CT molecular complexity index is 1130. The lowest BCUT2D eigenvalue weighted by atomic mass is 10.1. The third-order valence-corrected chi connectivity index (χ3v) is 4.14. The van der Waals surface area contributed by atoms with Crippen LogP contribution in [0.3, 0.4) is 0 Å². The Morgan fingerprint density at radius 1 is 1.04 bits per heavy atom. The highest BCUT2D eigenvalue weighted by atomic mass is 16.3. The molecule has 1 aliphatic rings. The van der Waals surface area contributed by atoms with Gasteiger partial charge in [-0.3, -0.25) is 29.3 Å². The molecule has 26 heavy (non-hydrogen) atoms. The van der Waals surface area contributed by atoms with Gasteiger partial charge in [-0.15, -0.1) is 0 Å². The maximum Gasteiger partial charge on any atom is 0.262 e. The van der Waals surface area contributed by atoms with Gasteiger partial charge in [-0.1, -0.05) is 12.1 Å². The minimum absolute atomic E-state index is 0.0129. The van der Waals surface area contributed by atoms with Crippen LogP contribution >= 0.6 is 0 Å². The number of carbonyl (C=O) groups excluding carboxylic acids is 2. The van der Waals surface area contributed by atoms with E-state index in [0.29, 0.717) is 16.9 Å². The first kappa shape index (κ1) is 15.6. The van der Waals surface area contributed by atoms with Crippen molar-refractivity contribution in [3.8, 4) is 22.7 Å². The Balaban J connectivity index is 1.84. The van der Waals surface area contributed by atoms with E-state index in [1.54, 1.807) is 36.5 Å². The number of hydrogen-bond donors (Lipinski definition) is 3. The Hall–Kier alpha value is -3.94. The molecule has 0 fully saturated rings. The Morgan fingerprint density at radius 2 is 1.77 bits per heavy atom. The molecule has 3 heterocycles. The monoisotopic (exact) mass is 348 g/mol. The van der Waals surface area contributed by atoms with E-state index in [0.717, 1.165) is 10.6 Å². The quantitative estimate of drug-likeness (QED) is 0.595. The van der Waals surface area contributed by atoms with Gasteiger partial charge in [0.2, 0.25) is 0 Å². The fourth-order valence-electron chi connectivity index (χ4n) is 2.93. The van der Waals surface area contributed by atoms with Crippen LogP contribution in [0.2, 0.25) is 0 Å². The number of pyridine rings is 2. The molecule has 4 N–H and O–H groups in total. The summed E-state index contributed by atoms with van der Waals surface area (Å²) >= 11 is 0. The lowest BCUT2D eigenvalue weighted by Gasteiger charge is -2.12. The smallest absolute Gasteiger partial charge is 0.262 e. The number of imide groups is 1. The van der Waals surface area contributed by atoms with Crippen LogP contribution in [0.1, 0.15) is 20.7 Å². The number of fused-ring (bicyclic) bond motifs is 1. The number of hydrogen-bond acceptors (Lipinski definition) is 6. The Morgan fingerprint density at radius 3 is 2.46 bits per heavy atom. The van der Waals surface area contributed by atoms with Crippen molar-refractivity contribution in [2.24, 2.45) is 0 Å². The third-order valence-electron chi connectivity index (χ3n) is 4.14. The van der Waals surface area contributed by atoms with E-state index in [4.69, 9.17) is 5.73 Å². The molecule has 0 unspecified atom stereocenters. The lowest BCUT2D eigenvalue weighted by molar-refractivity contribution is 0.0880. The summed E-state index contributed by atoms with van der Waals surface area (Å²) in [6.45, 7) is 0. The first-order chi connectivity index (χ1) is 12.5. The predicted molar refractivity (Wildman–Crippen MR) is 93.1 cm³/mol. The van der Waals surface area contributed by atoms with Crippen LogP contribution in [0.5, 0.6) is 5.75 Å². The first-order valence-corrected chi connectivity index (χ1v) is 7.63. The topological polar surface area (TPSA) is 127 Å². The van der Waals surface area contributed by atoms with Crippen molar-refractivity contribution >= 4 is 17.6 Å². The van der Waals surface area contributed by atoms with Crippen LogP contribution in [-0.4, -0.2) is 26.5 Å². The molecule has 0 radical (unpaired) electrons.